The van der Waals surface area contributed by atoms with Gasteiger partial charge in [0.15, 0.2) is 0 Å². The summed E-state index contributed by atoms with van der Waals surface area (Å²) in [6.07, 6.45) is 3.49. The predicted octanol–water partition coefficient (Wildman–Crippen LogP) is 2.47. The molecular weight excluding hydrogens is 374 g/mol. The maximum atomic E-state index is 13.1. The van der Waals surface area contributed by atoms with Crippen LogP contribution in [0.25, 0.3) is 0 Å². The van der Waals surface area contributed by atoms with E-state index in [4.69, 9.17) is 9.47 Å². The second kappa shape index (κ2) is 5.43. The lowest BCUT2D eigenvalue weighted by molar-refractivity contribution is -0.151. The number of halogens is 1. The molecule has 0 aliphatic carbocycles. The van der Waals surface area contributed by atoms with E-state index < -0.39 is 17.4 Å². The van der Waals surface area contributed by atoms with Crippen LogP contribution >= 0.6 is 15.9 Å². The van der Waals surface area contributed by atoms with Crippen LogP contribution in [0.4, 0.5) is 0 Å². The number of amides is 1. The van der Waals surface area contributed by atoms with Crippen LogP contribution in [0.3, 0.4) is 0 Å². The quantitative estimate of drug-likeness (QED) is 0.586. The maximum Gasteiger partial charge on any atom is 0.312 e. The zero-order valence-electron chi connectivity index (χ0n) is 13.4. The first-order valence-corrected chi connectivity index (χ1v) is 8.77. The number of ether oxygens (including phenoxy) is 2. The highest BCUT2D eigenvalue weighted by molar-refractivity contribution is 9.10. The fourth-order valence-electron chi connectivity index (χ4n) is 4.18. The molecule has 126 valence electrons. The summed E-state index contributed by atoms with van der Waals surface area (Å²) in [7, 11) is 1.35. The number of nitrogens with zero attached hydrogens (tertiary/aromatic N) is 1. The van der Waals surface area contributed by atoms with E-state index >= 15 is 0 Å². The number of hydrogen-bond donors (Lipinski definition) is 0. The van der Waals surface area contributed by atoms with Crippen molar-refractivity contribution in [1.82, 2.24) is 4.90 Å². The second-order valence-corrected chi connectivity index (χ2v) is 7.53. The van der Waals surface area contributed by atoms with Crippen LogP contribution in [0, 0.1) is 11.8 Å². The summed E-state index contributed by atoms with van der Waals surface area (Å²) in [6.45, 7) is 2.47. The molecule has 1 aromatic rings. The minimum absolute atomic E-state index is 0.0346. The minimum Gasteiger partial charge on any atom is -0.469 e. The van der Waals surface area contributed by atoms with Gasteiger partial charge in [-0.15, -0.1) is 0 Å². The average Bonchev–Trinajstić information content (AvgIpc) is 3.22. The van der Waals surface area contributed by atoms with E-state index in [1.165, 1.54) is 7.11 Å². The monoisotopic (exact) mass is 391 g/mol. The van der Waals surface area contributed by atoms with Crippen molar-refractivity contribution >= 4 is 27.8 Å². The molecule has 1 amide bonds. The van der Waals surface area contributed by atoms with Gasteiger partial charge in [-0.3, -0.25) is 9.59 Å². The number of benzene rings is 1. The molecule has 0 saturated carbocycles. The lowest BCUT2D eigenvalue weighted by atomic mass is 9.77. The fraction of sp³-hybridized carbons (Fsp3) is 0.444. The topological polar surface area (TPSA) is 55.8 Å². The smallest absolute Gasteiger partial charge is 0.312 e. The molecule has 4 rings (SSSR count). The molecule has 0 unspecified atom stereocenters. The molecule has 1 spiro atoms. The third-order valence-corrected chi connectivity index (χ3v) is 5.95. The molecular formula is C18H18BrNO4. The van der Waals surface area contributed by atoms with Crippen LogP contribution in [0.15, 0.2) is 40.9 Å². The molecule has 6 heteroatoms. The van der Waals surface area contributed by atoms with Gasteiger partial charge in [-0.2, -0.15) is 0 Å². The Bertz CT molecular complexity index is 731. The lowest BCUT2D eigenvalue weighted by Crippen LogP contribution is -2.39. The van der Waals surface area contributed by atoms with Crippen molar-refractivity contribution in [1.29, 1.82) is 0 Å². The Kier molecular flexibility index (Phi) is 3.58. The van der Waals surface area contributed by atoms with Crippen LogP contribution in [0.5, 0.6) is 0 Å². The summed E-state index contributed by atoms with van der Waals surface area (Å²) in [5.74, 6) is -1.44. The van der Waals surface area contributed by atoms with E-state index in [-0.39, 0.29) is 24.0 Å². The zero-order chi connectivity index (χ0) is 17.1. The Balaban J connectivity index is 1.65. The Labute approximate surface area is 148 Å². The Morgan fingerprint density at radius 1 is 1.42 bits per heavy atom. The highest BCUT2D eigenvalue weighted by Crippen LogP contribution is 2.53. The Morgan fingerprint density at radius 2 is 2.12 bits per heavy atom. The third kappa shape index (κ3) is 2.09. The summed E-state index contributed by atoms with van der Waals surface area (Å²) in [5, 5.41) is 0. The van der Waals surface area contributed by atoms with Gasteiger partial charge in [0.25, 0.3) is 0 Å². The normalized spacial score (nSPS) is 34.5. The van der Waals surface area contributed by atoms with E-state index in [0.717, 1.165) is 10.0 Å². The number of carbonyl (C=O) groups is 2. The molecule has 3 aliphatic heterocycles. The van der Waals surface area contributed by atoms with Crippen molar-refractivity contribution in [2.75, 3.05) is 13.7 Å². The molecule has 5 atom stereocenters. The minimum atomic E-state index is -0.690. The van der Waals surface area contributed by atoms with Gasteiger partial charge in [0.1, 0.15) is 11.5 Å². The zero-order valence-corrected chi connectivity index (χ0v) is 15.0. The fourth-order valence-corrected chi connectivity index (χ4v) is 4.45. The highest BCUT2D eigenvalue weighted by Gasteiger charge is 2.67. The van der Waals surface area contributed by atoms with E-state index in [0.29, 0.717) is 6.54 Å². The van der Waals surface area contributed by atoms with Gasteiger partial charge in [-0.25, -0.2) is 0 Å². The van der Waals surface area contributed by atoms with Gasteiger partial charge in [0.2, 0.25) is 5.91 Å². The van der Waals surface area contributed by atoms with Gasteiger partial charge in [0.05, 0.1) is 31.7 Å². The summed E-state index contributed by atoms with van der Waals surface area (Å²) in [4.78, 5) is 27.1. The highest BCUT2D eigenvalue weighted by atomic mass is 79.9. The predicted molar refractivity (Wildman–Crippen MR) is 90.0 cm³/mol. The lowest BCUT2D eigenvalue weighted by Gasteiger charge is -2.27. The number of rotatable bonds is 3. The second-order valence-electron chi connectivity index (χ2n) is 6.62. The van der Waals surface area contributed by atoms with Crippen molar-refractivity contribution in [3.63, 3.8) is 0 Å². The number of hydrogen-bond acceptors (Lipinski definition) is 4. The molecule has 0 radical (unpaired) electrons. The first-order valence-electron chi connectivity index (χ1n) is 7.98. The van der Waals surface area contributed by atoms with Crippen molar-refractivity contribution < 1.29 is 19.1 Å². The number of esters is 1. The molecule has 5 nitrogen and oxygen atoms in total. The van der Waals surface area contributed by atoms with Gasteiger partial charge >= 0.3 is 5.97 Å². The van der Waals surface area contributed by atoms with Gasteiger partial charge in [-0.05, 0) is 24.6 Å². The molecule has 2 saturated heterocycles. The molecule has 0 aromatic heterocycles. The summed E-state index contributed by atoms with van der Waals surface area (Å²) < 4.78 is 11.9. The van der Waals surface area contributed by atoms with Crippen molar-refractivity contribution in [3.8, 4) is 0 Å². The SMILES string of the molecule is COC(=O)[C@H]1[C@H]2C(=O)N([C@H](C)c3ccc(Br)cc3)C[C@@]23C=C[C@H]1O3. The molecule has 1 aromatic carbocycles. The number of likely N-dealkylation sites (tertiary alicyclic amines) is 1. The van der Waals surface area contributed by atoms with Crippen LogP contribution in [-0.2, 0) is 19.1 Å². The maximum absolute atomic E-state index is 13.1. The summed E-state index contributed by atoms with van der Waals surface area (Å²) in [6, 6.07) is 7.84. The van der Waals surface area contributed by atoms with Crippen LogP contribution < -0.4 is 0 Å². The number of methoxy groups -OCH3 is 1. The number of fused-ring (bicyclic) bond motifs is 1. The van der Waals surface area contributed by atoms with Crippen molar-refractivity contribution in [2.45, 2.75) is 24.7 Å². The standard InChI is InChI=1S/C18H18BrNO4/c1-10(11-3-5-12(19)6-4-11)20-9-18-8-7-13(24-18)14(17(22)23-2)15(18)16(20)21/h3-8,10,13-15H,9H2,1-2H3/t10-,13-,14-,15+,18+/m1/s1. The van der Waals surface area contributed by atoms with Gasteiger partial charge in [-0.1, -0.05) is 40.2 Å². The summed E-state index contributed by atoms with van der Waals surface area (Å²) >= 11 is 3.43. The van der Waals surface area contributed by atoms with Crippen LogP contribution in [-0.4, -0.2) is 42.1 Å². The van der Waals surface area contributed by atoms with E-state index in [1.54, 1.807) is 0 Å². The van der Waals surface area contributed by atoms with Crippen molar-refractivity contribution in [2.24, 2.45) is 11.8 Å². The Hall–Kier alpha value is -1.66. The van der Waals surface area contributed by atoms with E-state index in [2.05, 4.69) is 15.9 Å². The molecule has 3 aliphatic rings. The Morgan fingerprint density at radius 3 is 2.79 bits per heavy atom. The third-order valence-electron chi connectivity index (χ3n) is 5.42. The van der Waals surface area contributed by atoms with Crippen LogP contribution in [0.1, 0.15) is 18.5 Å². The molecule has 24 heavy (non-hydrogen) atoms. The molecule has 2 fully saturated rings. The van der Waals surface area contributed by atoms with E-state index in [9.17, 15) is 9.59 Å². The average molecular weight is 392 g/mol. The summed E-state index contributed by atoms with van der Waals surface area (Å²) in [5.41, 5.74) is 0.362. The van der Waals surface area contributed by atoms with Crippen molar-refractivity contribution in [3.05, 3.63) is 46.5 Å². The largest absolute Gasteiger partial charge is 0.469 e. The van der Waals surface area contributed by atoms with E-state index in [1.807, 2.05) is 48.2 Å². The van der Waals surface area contributed by atoms with Gasteiger partial charge < -0.3 is 14.4 Å². The van der Waals surface area contributed by atoms with Gasteiger partial charge in [0, 0.05) is 4.47 Å². The number of carbonyl (C=O) groups excluding carboxylic acids is 2. The first kappa shape index (κ1) is 15.8. The first-order chi connectivity index (χ1) is 11.5. The molecule has 3 heterocycles. The molecule has 0 N–H and O–H groups in total. The van der Waals surface area contributed by atoms with Crippen LogP contribution in [0.2, 0.25) is 0 Å². The molecule has 2 bridgehead atoms.